The molecule has 0 fully saturated rings. The van der Waals surface area contributed by atoms with E-state index in [9.17, 15) is 4.79 Å². The molecule has 1 N–H and O–H groups in total. The highest BCUT2D eigenvalue weighted by molar-refractivity contribution is 6.40. The number of imidazole rings is 1. The van der Waals surface area contributed by atoms with Crippen LogP contribution in [0.4, 0.5) is 5.69 Å². The van der Waals surface area contributed by atoms with Crippen LogP contribution in [0.5, 0.6) is 0 Å². The summed E-state index contributed by atoms with van der Waals surface area (Å²) in [4.78, 5) is 15.5. The van der Waals surface area contributed by atoms with Gasteiger partial charge < -0.3 is 14.6 Å². The van der Waals surface area contributed by atoms with Crippen LogP contribution < -0.4 is 5.32 Å². The predicted octanol–water partition coefficient (Wildman–Crippen LogP) is 3.44. The molecule has 0 atom stereocenters. The van der Waals surface area contributed by atoms with Gasteiger partial charge in [-0.1, -0.05) is 41.4 Å². The number of hydrogen-bond donors (Lipinski definition) is 1. The molecule has 1 aromatic carbocycles. The highest BCUT2D eigenvalue weighted by Crippen LogP contribution is 2.23. The molecule has 1 heterocycles. The van der Waals surface area contributed by atoms with E-state index in [1.54, 1.807) is 11.6 Å². The van der Waals surface area contributed by atoms with Crippen LogP contribution in [0.1, 0.15) is 17.8 Å². The Hall–Kier alpha value is -1.72. The lowest BCUT2D eigenvalue weighted by Gasteiger charge is -2.11. The number of nitrogens with one attached hydrogen (secondary N) is 1. The Kier molecular flexibility index (Phi) is 5.69. The van der Waals surface area contributed by atoms with Gasteiger partial charge in [-0.15, -0.1) is 0 Å². The summed E-state index contributed by atoms with van der Waals surface area (Å²) in [5.74, 6) is 0.509. The summed E-state index contributed by atoms with van der Waals surface area (Å²) in [6, 6.07) is 7.80. The lowest BCUT2D eigenvalue weighted by molar-refractivity contribution is -0.140. The number of aryl methyl sites for hydroxylation is 1. The molecule has 2 rings (SSSR count). The minimum Gasteiger partial charge on any atom is -0.469 e. The maximum Gasteiger partial charge on any atom is 0.305 e. The topological polar surface area (TPSA) is 56.1 Å². The summed E-state index contributed by atoms with van der Waals surface area (Å²) >= 11 is 11.9. The molecule has 0 aliphatic carbocycles. The number of esters is 1. The second kappa shape index (κ2) is 7.51. The van der Waals surface area contributed by atoms with E-state index < -0.39 is 0 Å². The maximum absolute atomic E-state index is 11.3. The molecular weight excluding hydrogens is 325 g/mol. The summed E-state index contributed by atoms with van der Waals surface area (Å²) in [5, 5.41) is 4.01. The average Bonchev–Trinajstić information content (AvgIpc) is 2.78. The van der Waals surface area contributed by atoms with Crippen LogP contribution in [-0.4, -0.2) is 22.6 Å². The van der Waals surface area contributed by atoms with Crippen molar-refractivity contribution in [3.63, 3.8) is 0 Å². The first-order valence-electron chi connectivity index (χ1n) is 6.78. The SMILES string of the molecule is COC(=O)CCc1ccccc1NCc1nc(Cl)c(Cl)n1C. The van der Waals surface area contributed by atoms with Gasteiger partial charge in [0.05, 0.1) is 13.7 Å². The second-order valence-electron chi connectivity index (χ2n) is 4.76. The van der Waals surface area contributed by atoms with Crippen molar-refractivity contribution >= 4 is 34.9 Å². The number of nitrogens with zero attached hydrogens (tertiary/aromatic N) is 2. The molecule has 5 nitrogen and oxygen atoms in total. The lowest BCUT2D eigenvalue weighted by Crippen LogP contribution is -2.08. The number of aromatic nitrogens is 2. The van der Waals surface area contributed by atoms with Gasteiger partial charge in [0.25, 0.3) is 0 Å². The van der Waals surface area contributed by atoms with Crippen LogP contribution in [-0.2, 0) is 29.5 Å². The standard InChI is InChI=1S/C15H17Cl2N3O2/c1-20-12(19-14(16)15(20)17)9-18-11-6-4-3-5-10(11)7-8-13(21)22-2/h3-6,18H,7-9H2,1-2H3. The van der Waals surface area contributed by atoms with Gasteiger partial charge in [-0.2, -0.15) is 0 Å². The first-order valence-corrected chi connectivity index (χ1v) is 7.53. The molecular formula is C15H17Cl2N3O2. The van der Waals surface area contributed by atoms with E-state index in [2.05, 4.69) is 15.0 Å². The van der Waals surface area contributed by atoms with Gasteiger partial charge in [-0.05, 0) is 18.1 Å². The number of hydrogen-bond acceptors (Lipinski definition) is 4. The molecule has 0 radical (unpaired) electrons. The van der Waals surface area contributed by atoms with Crippen LogP contribution in [0, 0.1) is 0 Å². The number of anilines is 1. The number of ether oxygens (including phenoxy) is 1. The highest BCUT2D eigenvalue weighted by atomic mass is 35.5. The largest absolute Gasteiger partial charge is 0.469 e. The maximum atomic E-state index is 11.3. The van der Waals surface area contributed by atoms with Gasteiger partial charge in [0.15, 0.2) is 5.15 Å². The third-order valence-corrected chi connectivity index (χ3v) is 4.15. The summed E-state index contributed by atoms with van der Waals surface area (Å²) in [6.45, 7) is 0.484. The minimum absolute atomic E-state index is 0.225. The number of rotatable bonds is 6. The molecule has 1 aromatic heterocycles. The van der Waals surface area contributed by atoms with Crippen molar-refractivity contribution in [3.8, 4) is 0 Å². The third-order valence-electron chi connectivity index (χ3n) is 3.36. The van der Waals surface area contributed by atoms with Gasteiger partial charge in [0.2, 0.25) is 0 Å². The quantitative estimate of drug-likeness (QED) is 0.817. The smallest absolute Gasteiger partial charge is 0.305 e. The molecule has 118 valence electrons. The number of halogens is 2. The van der Waals surface area contributed by atoms with Crippen molar-refractivity contribution in [1.29, 1.82) is 0 Å². The number of carbonyl (C=O) groups excluding carboxylic acids is 1. The molecule has 0 aliphatic heterocycles. The third kappa shape index (κ3) is 3.93. The van der Waals surface area contributed by atoms with Gasteiger partial charge in [0, 0.05) is 19.2 Å². The number of methoxy groups -OCH3 is 1. The van der Waals surface area contributed by atoms with E-state index >= 15 is 0 Å². The molecule has 0 saturated heterocycles. The molecule has 0 bridgehead atoms. The van der Waals surface area contributed by atoms with Crippen molar-refractivity contribution in [2.24, 2.45) is 7.05 Å². The van der Waals surface area contributed by atoms with Crippen molar-refractivity contribution in [2.75, 3.05) is 12.4 Å². The van der Waals surface area contributed by atoms with Crippen LogP contribution in [0.2, 0.25) is 10.3 Å². The molecule has 2 aromatic rings. The van der Waals surface area contributed by atoms with E-state index in [1.165, 1.54) is 7.11 Å². The summed E-state index contributed by atoms with van der Waals surface area (Å²) < 4.78 is 6.40. The summed E-state index contributed by atoms with van der Waals surface area (Å²) in [6.07, 6.45) is 0.952. The van der Waals surface area contributed by atoms with Gasteiger partial charge in [-0.3, -0.25) is 4.79 Å². The highest BCUT2D eigenvalue weighted by Gasteiger charge is 2.11. The normalized spacial score (nSPS) is 10.5. The monoisotopic (exact) mass is 341 g/mol. The Morgan fingerprint density at radius 1 is 1.36 bits per heavy atom. The lowest BCUT2D eigenvalue weighted by atomic mass is 10.1. The van der Waals surface area contributed by atoms with Crippen molar-refractivity contribution in [3.05, 3.63) is 46.0 Å². The fraction of sp³-hybridized carbons (Fsp3) is 0.333. The minimum atomic E-state index is -0.225. The van der Waals surface area contributed by atoms with Crippen LogP contribution in [0.15, 0.2) is 24.3 Å². The zero-order valence-electron chi connectivity index (χ0n) is 12.4. The Bertz CT molecular complexity index is 671. The van der Waals surface area contributed by atoms with Crippen LogP contribution >= 0.6 is 23.2 Å². The van der Waals surface area contributed by atoms with Gasteiger partial charge in [-0.25, -0.2) is 4.98 Å². The molecule has 0 spiro atoms. The van der Waals surface area contributed by atoms with Crippen LogP contribution in [0.25, 0.3) is 0 Å². The number of carbonyl (C=O) groups is 1. The Labute approximate surface area is 139 Å². The molecule has 0 amide bonds. The Morgan fingerprint density at radius 3 is 2.73 bits per heavy atom. The van der Waals surface area contributed by atoms with Crippen LogP contribution in [0.3, 0.4) is 0 Å². The van der Waals surface area contributed by atoms with E-state index in [0.717, 1.165) is 17.1 Å². The fourth-order valence-corrected chi connectivity index (χ4v) is 2.43. The van der Waals surface area contributed by atoms with Crippen molar-refractivity contribution in [1.82, 2.24) is 9.55 Å². The second-order valence-corrected chi connectivity index (χ2v) is 5.47. The molecule has 0 aliphatic rings. The molecule has 22 heavy (non-hydrogen) atoms. The molecule has 0 saturated carbocycles. The zero-order chi connectivity index (χ0) is 16.1. The number of para-hydroxylation sites is 1. The zero-order valence-corrected chi connectivity index (χ0v) is 13.9. The average molecular weight is 342 g/mol. The Balaban J connectivity index is 2.06. The molecule has 0 unspecified atom stereocenters. The van der Waals surface area contributed by atoms with E-state index in [1.807, 2.05) is 24.3 Å². The van der Waals surface area contributed by atoms with Gasteiger partial charge in [0.1, 0.15) is 11.0 Å². The van der Waals surface area contributed by atoms with E-state index in [0.29, 0.717) is 29.7 Å². The fourth-order valence-electron chi connectivity index (χ4n) is 2.07. The number of benzene rings is 1. The summed E-state index contributed by atoms with van der Waals surface area (Å²) in [7, 11) is 3.20. The van der Waals surface area contributed by atoms with E-state index in [-0.39, 0.29) is 5.97 Å². The molecule has 7 heteroatoms. The first-order chi connectivity index (χ1) is 10.5. The van der Waals surface area contributed by atoms with E-state index in [4.69, 9.17) is 23.2 Å². The van der Waals surface area contributed by atoms with Crippen molar-refractivity contribution in [2.45, 2.75) is 19.4 Å². The first kappa shape index (κ1) is 16.6. The Morgan fingerprint density at radius 2 is 2.09 bits per heavy atom. The van der Waals surface area contributed by atoms with Gasteiger partial charge >= 0.3 is 5.97 Å². The summed E-state index contributed by atoms with van der Waals surface area (Å²) in [5.41, 5.74) is 1.99. The van der Waals surface area contributed by atoms with Crippen molar-refractivity contribution < 1.29 is 9.53 Å². The predicted molar refractivity (Wildman–Crippen MR) is 87.3 cm³/mol.